The first-order valence-electron chi connectivity index (χ1n) is 5.02. The Morgan fingerprint density at radius 1 is 1.54 bits per heavy atom. The predicted octanol–water partition coefficient (Wildman–Crippen LogP) is 3.49. The molecule has 1 saturated carbocycles. The molecule has 2 unspecified atom stereocenters. The van der Waals surface area contributed by atoms with Gasteiger partial charge in [0, 0.05) is 5.41 Å². The number of fused-ring (bicyclic) bond motifs is 2. The van der Waals surface area contributed by atoms with Gasteiger partial charge in [-0.05, 0) is 30.3 Å². The van der Waals surface area contributed by atoms with Crippen molar-refractivity contribution >= 4 is 0 Å². The SMILES string of the molecule is C=COC1=CC2CCC1(C)C2(C)C. The summed E-state index contributed by atoms with van der Waals surface area (Å²) in [5.41, 5.74) is 0.608. The third-order valence-electron chi connectivity index (χ3n) is 4.41. The summed E-state index contributed by atoms with van der Waals surface area (Å²) in [6.07, 6.45) is 6.41. The molecule has 0 amide bonds. The molecular formula is C12H18O. The summed E-state index contributed by atoms with van der Waals surface area (Å²) in [6.45, 7) is 10.6. The predicted molar refractivity (Wildman–Crippen MR) is 54.0 cm³/mol. The van der Waals surface area contributed by atoms with Crippen molar-refractivity contribution in [3.8, 4) is 0 Å². The van der Waals surface area contributed by atoms with E-state index in [4.69, 9.17) is 4.74 Å². The van der Waals surface area contributed by atoms with E-state index in [0.29, 0.717) is 11.3 Å². The van der Waals surface area contributed by atoms with E-state index >= 15 is 0 Å². The molecule has 72 valence electrons. The second kappa shape index (κ2) is 2.40. The molecule has 0 spiro atoms. The average Bonchev–Trinajstić information content (AvgIpc) is 2.37. The van der Waals surface area contributed by atoms with Crippen molar-refractivity contribution in [1.82, 2.24) is 0 Å². The van der Waals surface area contributed by atoms with Gasteiger partial charge in [0.25, 0.3) is 0 Å². The van der Waals surface area contributed by atoms with Crippen LogP contribution in [-0.2, 0) is 4.74 Å². The van der Waals surface area contributed by atoms with Crippen molar-refractivity contribution in [2.75, 3.05) is 0 Å². The molecular weight excluding hydrogens is 160 g/mol. The zero-order valence-corrected chi connectivity index (χ0v) is 8.76. The van der Waals surface area contributed by atoms with Crippen LogP contribution < -0.4 is 0 Å². The normalized spacial score (nSPS) is 40.2. The standard InChI is InChI=1S/C12H18O/c1-5-13-10-8-9-6-7-12(10,4)11(9,2)3/h5,8-9H,1,6-7H2,2-4H3. The largest absolute Gasteiger partial charge is 0.470 e. The Bertz CT molecular complexity index is 275. The Morgan fingerprint density at radius 2 is 2.23 bits per heavy atom. The first kappa shape index (κ1) is 8.86. The fraction of sp³-hybridized carbons (Fsp3) is 0.667. The number of hydrogen-bond donors (Lipinski definition) is 0. The van der Waals surface area contributed by atoms with Crippen molar-refractivity contribution in [2.24, 2.45) is 16.7 Å². The van der Waals surface area contributed by atoms with Gasteiger partial charge in [0.1, 0.15) is 5.76 Å². The molecule has 0 aromatic rings. The lowest BCUT2D eigenvalue weighted by Gasteiger charge is -2.36. The van der Waals surface area contributed by atoms with E-state index in [9.17, 15) is 0 Å². The third-order valence-corrected chi connectivity index (χ3v) is 4.41. The summed E-state index contributed by atoms with van der Waals surface area (Å²) in [5.74, 6) is 1.84. The highest BCUT2D eigenvalue weighted by Crippen LogP contribution is 2.65. The summed E-state index contributed by atoms with van der Waals surface area (Å²) in [7, 11) is 0. The molecule has 2 atom stereocenters. The highest BCUT2D eigenvalue weighted by Gasteiger charge is 2.58. The van der Waals surface area contributed by atoms with Crippen LogP contribution in [0.5, 0.6) is 0 Å². The van der Waals surface area contributed by atoms with Crippen LogP contribution in [0, 0.1) is 16.7 Å². The van der Waals surface area contributed by atoms with Crippen molar-refractivity contribution in [1.29, 1.82) is 0 Å². The van der Waals surface area contributed by atoms with Crippen LogP contribution in [0.2, 0.25) is 0 Å². The van der Waals surface area contributed by atoms with E-state index in [0.717, 1.165) is 5.76 Å². The molecule has 0 saturated heterocycles. The molecule has 2 bridgehead atoms. The van der Waals surface area contributed by atoms with Gasteiger partial charge in [-0.15, -0.1) is 0 Å². The molecule has 0 aromatic carbocycles. The van der Waals surface area contributed by atoms with Gasteiger partial charge >= 0.3 is 0 Å². The Balaban J connectivity index is 2.37. The quantitative estimate of drug-likeness (QED) is 0.588. The van der Waals surface area contributed by atoms with Gasteiger partial charge < -0.3 is 4.74 Å². The maximum atomic E-state index is 5.50. The van der Waals surface area contributed by atoms with Crippen LogP contribution in [0.3, 0.4) is 0 Å². The maximum Gasteiger partial charge on any atom is 0.106 e. The Hall–Kier alpha value is -0.720. The average molecular weight is 178 g/mol. The molecule has 0 N–H and O–H groups in total. The minimum Gasteiger partial charge on any atom is -0.470 e. The zero-order chi connectivity index (χ0) is 9.69. The van der Waals surface area contributed by atoms with Crippen LogP contribution in [0.15, 0.2) is 24.7 Å². The van der Waals surface area contributed by atoms with E-state index in [1.807, 2.05) is 0 Å². The van der Waals surface area contributed by atoms with E-state index in [1.54, 1.807) is 6.26 Å². The second-order valence-corrected chi connectivity index (χ2v) is 5.01. The van der Waals surface area contributed by atoms with Crippen LogP contribution in [0.4, 0.5) is 0 Å². The van der Waals surface area contributed by atoms with E-state index in [1.165, 1.54) is 12.8 Å². The van der Waals surface area contributed by atoms with Gasteiger partial charge in [0.05, 0.1) is 6.26 Å². The minimum atomic E-state index is 0.242. The number of rotatable bonds is 2. The van der Waals surface area contributed by atoms with E-state index in [-0.39, 0.29) is 5.41 Å². The van der Waals surface area contributed by atoms with Gasteiger partial charge in [-0.2, -0.15) is 0 Å². The first-order chi connectivity index (χ1) is 6.02. The van der Waals surface area contributed by atoms with Gasteiger partial charge in [-0.3, -0.25) is 0 Å². The van der Waals surface area contributed by atoms with Gasteiger partial charge in [0.15, 0.2) is 0 Å². The van der Waals surface area contributed by atoms with E-state index in [2.05, 4.69) is 33.4 Å². The third kappa shape index (κ3) is 0.877. The zero-order valence-electron chi connectivity index (χ0n) is 8.76. The molecule has 13 heavy (non-hydrogen) atoms. The van der Waals surface area contributed by atoms with Crippen LogP contribution in [-0.4, -0.2) is 0 Å². The lowest BCUT2D eigenvalue weighted by molar-refractivity contribution is 0.116. The summed E-state index contributed by atoms with van der Waals surface area (Å²) in [4.78, 5) is 0. The maximum absolute atomic E-state index is 5.50. The summed E-state index contributed by atoms with van der Waals surface area (Å²) < 4.78 is 5.50. The first-order valence-corrected chi connectivity index (χ1v) is 5.02. The number of hydrogen-bond acceptors (Lipinski definition) is 1. The molecule has 0 heterocycles. The monoisotopic (exact) mass is 178 g/mol. The van der Waals surface area contributed by atoms with Crippen molar-refractivity contribution in [2.45, 2.75) is 33.6 Å². The molecule has 0 radical (unpaired) electrons. The fourth-order valence-electron chi connectivity index (χ4n) is 2.89. The molecule has 1 heteroatoms. The van der Waals surface area contributed by atoms with Gasteiger partial charge in [0.2, 0.25) is 0 Å². The number of ether oxygens (including phenoxy) is 1. The molecule has 0 aliphatic heterocycles. The smallest absolute Gasteiger partial charge is 0.106 e. The molecule has 2 aliphatic rings. The molecule has 0 aromatic heterocycles. The van der Waals surface area contributed by atoms with Crippen LogP contribution in [0.25, 0.3) is 0 Å². The van der Waals surface area contributed by atoms with Crippen LogP contribution in [0.1, 0.15) is 33.6 Å². The summed E-state index contributed by atoms with van der Waals surface area (Å²) in [6, 6.07) is 0. The topological polar surface area (TPSA) is 9.23 Å². The highest BCUT2D eigenvalue weighted by molar-refractivity contribution is 5.28. The lowest BCUT2D eigenvalue weighted by atomic mass is 9.70. The molecule has 2 rings (SSSR count). The van der Waals surface area contributed by atoms with Crippen molar-refractivity contribution in [3.05, 3.63) is 24.7 Å². The Kier molecular flexibility index (Phi) is 1.64. The van der Waals surface area contributed by atoms with Gasteiger partial charge in [-0.25, -0.2) is 0 Å². The molecule has 2 aliphatic carbocycles. The minimum absolute atomic E-state index is 0.242. The van der Waals surface area contributed by atoms with Crippen molar-refractivity contribution in [3.63, 3.8) is 0 Å². The van der Waals surface area contributed by atoms with Crippen molar-refractivity contribution < 1.29 is 4.74 Å². The van der Waals surface area contributed by atoms with Crippen LogP contribution >= 0.6 is 0 Å². The summed E-state index contributed by atoms with van der Waals surface area (Å²) >= 11 is 0. The lowest BCUT2D eigenvalue weighted by Crippen LogP contribution is -2.30. The number of allylic oxidation sites excluding steroid dienone is 2. The fourth-order valence-corrected chi connectivity index (χ4v) is 2.89. The Labute approximate surface area is 80.5 Å². The second-order valence-electron chi connectivity index (χ2n) is 5.01. The van der Waals surface area contributed by atoms with Gasteiger partial charge in [-0.1, -0.05) is 27.4 Å². The highest BCUT2D eigenvalue weighted by atomic mass is 16.5. The Morgan fingerprint density at radius 3 is 2.62 bits per heavy atom. The molecule has 1 fully saturated rings. The summed E-state index contributed by atoms with van der Waals surface area (Å²) in [5, 5.41) is 0. The van der Waals surface area contributed by atoms with E-state index < -0.39 is 0 Å². The molecule has 1 nitrogen and oxygen atoms in total.